The Labute approximate surface area is 105 Å². The molecule has 1 aromatic carbocycles. The van der Waals surface area contributed by atoms with Gasteiger partial charge in [-0.2, -0.15) is 0 Å². The van der Waals surface area contributed by atoms with E-state index in [1.165, 1.54) is 29.5 Å². The SMILES string of the molecule is CCC(CC)CC1(O)CCc2ccc(C)cc21. The average molecular weight is 232 g/mol. The minimum Gasteiger partial charge on any atom is -0.385 e. The molecular formula is C16H24O. The summed E-state index contributed by atoms with van der Waals surface area (Å²) in [5, 5.41) is 10.9. The van der Waals surface area contributed by atoms with Crippen LogP contribution in [0.5, 0.6) is 0 Å². The predicted molar refractivity (Wildman–Crippen MR) is 72.1 cm³/mol. The Morgan fingerprint density at radius 2 is 2.00 bits per heavy atom. The van der Waals surface area contributed by atoms with Crippen LogP contribution < -0.4 is 0 Å². The highest BCUT2D eigenvalue weighted by Gasteiger charge is 2.37. The van der Waals surface area contributed by atoms with Gasteiger partial charge in [-0.25, -0.2) is 0 Å². The molecule has 1 atom stereocenters. The normalized spacial score (nSPS) is 23.1. The minimum atomic E-state index is -0.557. The molecule has 0 spiro atoms. The number of rotatable bonds is 4. The monoisotopic (exact) mass is 232 g/mol. The molecular weight excluding hydrogens is 208 g/mol. The van der Waals surface area contributed by atoms with Gasteiger partial charge >= 0.3 is 0 Å². The third-order valence-corrected chi connectivity index (χ3v) is 4.36. The molecule has 1 aliphatic carbocycles. The smallest absolute Gasteiger partial charge is 0.0905 e. The summed E-state index contributed by atoms with van der Waals surface area (Å²) in [4.78, 5) is 0. The highest BCUT2D eigenvalue weighted by Crippen LogP contribution is 2.42. The number of aryl methyl sites for hydroxylation is 2. The quantitative estimate of drug-likeness (QED) is 0.833. The van der Waals surface area contributed by atoms with Crippen LogP contribution in [0.4, 0.5) is 0 Å². The van der Waals surface area contributed by atoms with Crippen LogP contribution in [0.15, 0.2) is 18.2 Å². The van der Waals surface area contributed by atoms with Crippen LogP contribution in [0.3, 0.4) is 0 Å². The van der Waals surface area contributed by atoms with E-state index in [0.29, 0.717) is 5.92 Å². The summed E-state index contributed by atoms with van der Waals surface area (Å²) in [5.74, 6) is 0.645. The molecule has 0 aromatic heterocycles. The second kappa shape index (κ2) is 4.81. The van der Waals surface area contributed by atoms with Crippen molar-refractivity contribution in [3.05, 3.63) is 34.9 Å². The highest BCUT2D eigenvalue weighted by molar-refractivity contribution is 5.40. The zero-order valence-corrected chi connectivity index (χ0v) is 11.3. The molecule has 1 unspecified atom stereocenters. The third-order valence-electron chi connectivity index (χ3n) is 4.36. The van der Waals surface area contributed by atoms with E-state index in [9.17, 15) is 5.11 Å². The van der Waals surface area contributed by atoms with E-state index in [2.05, 4.69) is 39.0 Å². The van der Waals surface area contributed by atoms with Crippen LogP contribution in [0, 0.1) is 12.8 Å². The number of hydrogen-bond donors (Lipinski definition) is 1. The maximum Gasteiger partial charge on any atom is 0.0905 e. The lowest BCUT2D eigenvalue weighted by Gasteiger charge is -2.28. The molecule has 1 aliphatic rings. The Morgan fingerprint density at radius 1 is 1.29 bits per heavy atom. The number of hydrogen-bond acceptors (Lipinski definition) is 1. The molecule has 2 rings (SSSR count). The zero-order valence-electron chi connectivity index (χ0n) is 11.3. The van der Waals surface area contributed by atoms with E-state index in [1.807, 2.05) is 0 Å². The maximum atomic E-state index is 10.9. The van der Waals surface area contributed by atoms with Crippen molar-refractivity contribution >= 4 is 0 Å². The second-order valence-corrected chi connectivity index (χ2v) is 5.58. The van der Waals surface area contributed by atoms with Gasteiger partial charge in [0.05, 0.1) is 5.60 Å². The van der Waals surface area contributed by atoms with Crippen molar-refractivity contribution in [2.45, 2.75) is 58.5 Å². The molecule has 0 bridgehead atoms. The standard InChI is InChI=1S/C16H24O/c1-4-13(5-2)11-16(17)9-8-14-7-6-12(3)10-15(14)16/h6-7,10,13,17H,4-5,8-9,11H2,1-3H3. The van der Waals surface area contributed by atoms with E-state index < -0.39 is 5.60 Å². The van der Waals surface area contributed by atoms with Gasteiger partial charge in [0.15, 0.2) is 0 Å². The Bertz CT molecular complexity index is 393. The number of fused-ring (bicyclic) bond motifs is 1. The Kier molecular flexibility index (Phi) is 3.58. The zero-order chi connectivity index (χ0) is 12.5. The molecule has 17 heavy (non-hydrogen) atoms. The lowest BCUT2D eigenvalue weighted by atomic mass is 9.83. The molecule has 1 aromatic rings. The molecule has 0 saturated heterocycles. The van der Waals surface area contributed by atoms with Crippen LogP contribution in [0.1, 0.15) is 56.2 Å². The fraction of sp³-hybridized carbons (Fsp3) is 0.625. The van der Waals surface area contributed by atoms with Crippen LogP contribution in [0.25, 0.3) is 0 Å². The molecule has 1 nitrogen and oxygen atoms in total. The lowest BCUT2D eigenvalue weighted by molar-refractivity contribution is 0.0114. The van der Waals surface area contributed by atoms with Crippen molar-refractivity contribution in [1.29, 1.82) is 0 Å². The number of benzene rings is 1. The van der Waals surface area contributed by atoms with Crippen molar-refractivity contribution in [3.63, 3.8) is 0 Å². The van der Waals surface area contributed by atoms with Crippen molar-refractivity contribution < 1.29 is 5.11 Å². The van der Waals surface area contributed by atoms with Crippen molar-refractivity contribution in [3.8, 4) is 0 Å². The van der Waals surface area contributed by atoms with Crippen LogP contribution in [-0.2, 0) is 12.0 Å². The summed E-state index contributed by atoms with van der Waals surface area (Å²) in [7, 11) is 0. The van der Waals surface area contributed by atoms with Crippen molar-refractivity contribution in [1.82, 2.24) is 0 Å². The van der Waals surface area contributed by atoms with Gasteiger partial charge in [0.1, 0.15) is 0 Å². The van der Waals surface area contributed by atoms with Crippen LogP contribution in [-0.4, -0.2) is 5.11 Å². The summed E-state index contributed by atoms with van der Waals surface area (Å²) in [5.41, 5.74) is 3.25. The first-order chi connectivity index (χ1) is 8.09. The van der Waals surface area contributed by atoms with Crippen molar-refractivity contribution in [2.24, 2.45) is 5.92 Å². The Balaban J connectivity index is 2.27. The first-order valence-corrected chi connectivity index (χ1v) is 6.91. The summed E-state index contributed by atoms with van der Waals surface area (Å²) in [6.07, 6.45) is 5.20. The molecule has 94 valence electrons. The van der Waals surface area contributed by atoms with Gasteiger partial charge < -0.3 is 5.11 Å². The summed E-state index contributed by atoms with van der Waals surface area (Å²) in [6.45, 7) is 6.56. The molecule has 0 heterocycles. The topological polar surface area (TPSA) is 20.2 Å². The highest BCUT2D eigenvalue weighted by atomic mass is 16.3. The maximum absolute atomic E-state index is 10.9. The van der Waals surface area contributed by atoms with E-state index in [0.717, 1.165) is 19.3 Å². The Hall–Kier alpha value is -0.820. The van der Waals surface area contributed by atoms with Crippen LogP contribution in [0.2, 0.25) is 0 Å². The molecule has 1 heteroatoms. The third kappa shape index (κ3) is 2.40. The van der Waals surface area contributed by atoms with E-state index in [4.69, 9.17) is 0 Å². The van der Waals surface area contributed by atoms with Crippen molar-refractivity contribution in [2.75, 3.05) is 0 Å². The summed E-state index contributed by atoms with van der Waals surface area (Å²) < 4.78 is 0. The average Bonchev–Trinajstić information content (AvgIpc) is 2.64. The summed E-state index contributed by atoms with van der Waals surface area (Å²) in [6, 6.07) is 6.53. The van der Waals surface area contributed by atoms with E-state index in [-0.39, 0.29) is 0 Å². The molecule has 0 fully saturated rings. The van der Waals surface area contributed by atoms with E-state index in [1.54, 1.807) is 0 Å². The Morgan fingerprint density at radius 3 is 2.65 bits per heavy atom. The molecule has 0 amide bonds. The van der Waals surface area contributed by atoms with Gasteiger partial charge in [-0.05, 0) is 43.2 Å². The fourth-order valence-corrected chi connectivity index (χ4v) is 3.08. The second-order valence-electron chi connectivity index (χ2n) is 5.58. The summed E-state index contributed by atoms with van der Waals surface area (Å²) >= 11 is 0. The van der Waals surface area contributed by atoms with Gasteiger partial charge in [-0.1, -0.05) is 50.5 Å². The van der Waals surface area contributed by atoms with Crippen LogP contribution >= 0.6 is 0 Å². The van der Waals surface area contributed by atoms with Gasteiger partial charge in [-0.15, -0.1) is 0 Å². The van der Waals surface area contributed by atoms with E-state index >= 15 is 0 Å². The van der Waals surface area contributed by atoms with Gasteiger partial charge in [0.25, 0.3) is 0 Å². The lowest BCUT2D eigenvalue weighted by Crippen LogP contribution is -2.25. The molecule has 0 radical (unpaired) electrons. The molecule has 0 saturated carbocycles. The first kappa shape index (κ1) is 12.6. The number of aliphatic hydroxyl groups is 1. The fourth-order valence-electron chi connectivity index (χ4n) is 3.08. The van der Waals surface area contributed by atoms with Gasteiger partial charge in [0, 0.05) is 0 Å². The predicted octanol–water partition coefficient (Wildman–Crippen LogP) is 3.96. The minimum absolute atomic E-state index is 0.557. The molecule has 0 aliphatic heterocycles. The van der Waals surface area contributed by atoms with Gasteiger partial charge in [0.2, 0.25) is 0 Å². The molecule has 1 N–H and O–H groups in total. The van der Waals surface area contributed by atoms with Gasteiger partial charge in [-0.3, -0.25) is 0 Å². The largest absolute Gasteiger partial charge is 0.385 e. The first-order valence-electron chi connectivity index (χ1n) is 6.91.